The van der Waals surface area contributed by atoms with E-state index in [1.54, 1.807) is 38.2 Å². The lowest BCUT2D eigenvalue weighted by atomic mass is 10.1. The number of anilines is 1. The van der Waals surface area contributed by atoms with E-state index in [0.29, 0.717) is 6.42 Å². The fourth-order valence-corrected chi connectivity index (χ4v) is 1.90. The van der Waals surface area contributed by atoms with Crippen LogP contribution in [0.25, 0.3) is 0 Å². The topological polar surface area (TPSA) is 65.2 Å². The Hall–Kier alpha value is -2.43. The minimum absolute atomic E-state index is 0.117. The van der Waals surface area contributed by atoms with E-state index in [1.165, 1.54) is 12.1 Å². The fourth-order valence-electron chi connectivity index (χ4n) is 1.90. The van der Waals surface area contributed by atoms with Crippen LogP contribution in [0.1, 0.15) is 35.5 Å². The zero-order valence-corrected chi connectivity index (χ0v) is 12.0. The van der Waals surface area contributed by atoms with E-state index < -0.39 is 5.97 Å². The molecule has 4 nitrogen and oxygen atoms in total. The van der Waals surface area contributed by atoms with Crippen molar-refractivity contribution in [2.24, 2.45) is 0 Å². The van der Waals surface area contributed by atoms with Crippen molar-refractivity contribution in [2.45, 2.75) is 26.4 Å². The average Bonchev–Trinajstić information content (AvgIpc) is 2.40. The van der Waals surface area contributed by atoms with Gasteiger partial charge in [-0.05, 0) is 49.6 Å². The van der Waals surface area contributed by atoms with E-state index in [9.17, 15) is 9.18 Å². The third-order valence-corrected chi connectivity index (χ3v) is 2.83. The van der Waals surface area contributed by atoms with E-state index in [2.05, 4.69) is 4.98 Å². The van der Waals surface area contributed by atoms with Crippen molar-refractivity contribution in [1.82, 2.24) is 4.98 Å². The minimum Gasteiger partial charge on any atom is -0.458 e. The summed E-state index contributed by atoms with van der Waals surface area (Å²) >= 11 is 0. The van der Waals surface area contributed by atoms with Crippen LogP contribution in [-0.2, 0) is 11.2 Å². The number of nitrogen functional groups attached to an aromatic ring is 1. The van der Waals surface area contributed by atoms with Crippen LogP contribution < -0.4 is 5.73 Å². The number of aromatic nitrogens is 1. The number of pyridine rings is 1. The molecule has 0 saturated carbocycles. The number of carbonyl (C=O) groups excluding carboxylic acids is 1. The van der Waals surface area contributed by atoms with Crippen molar-refractivity contribution in [3.05, 3.63) is 59.2 Å². The highest BCUT2D eigenvalue weighted by atomic mass is 19.1. The van der Waals surface area contributed by atoms with Gasteiger partial charge in [-0.15, -0.1) is 0 Å². The van der Waals surface area contributed by atoms with E-state index in [-0.39, 0.29) is 23.3 Å². The molecule has 0 saturated heterocycles. The van der Waals surface area contributed by atoms with Gasteiger partial charge in [0.15, 0.2) is 5.69 Å². The minimum atomic E-state index is -0.532. The van der Waals surface area contributed by atoms with Gasteiger partial charge in [0.05, 0.1) is 11.8 Å². The van der Waals surface area contributed by atoms with Crippen LogP contribution in [-0.4, -0.2) is 17.1 Å². The highest BCUT2D eigenvalue weighted by Gasteiger charge is 2.15. The summed E-state index contributed by atoms with van der Waals surface area (Å²) in [6.45, 7) is 3.52. The van der Waals surface area contributed by atoms with Gasteiger partial charge in [0.2, 0.25) is 0 Å². The Kier molecular flexibility index (Phi) is 4.52. The number of nitrogens with zero attached hydrogens (tertiary/aromatic N) is 1. The van der Waals surface area contributed by atoms with Crippen molar-refractivity contribution in [3.8, 4) is 0 Å². The molecule has 5 heteroatoms. The van der Waals surface area contributed by atoms with Crippen LogP contribution in [0.3, 0.4) is 0 Å². The lowest BCUT2D eigenvalue weighted by molar-refractivity contribution is 0.0372. The zero-order chi connectivity index (χ0) is 15.4. The smallest absolute Gasteiger partial charge is 0.359 e. The second kappa shape index (κ2) is 6.35. The molecule has 0 fully saturated rings. The Bertz CT molecular complexity index is 639. The first-order valence-corrected chi connectivity index (χ1v) is 6.65. The van der Waals surface area contributed by atoms with Crippen molar-refractivity contribution in [1.29, 1.82) is 0 Å². The number of nitrogens with two attached hydrogens (primary N) is 1. The summed E-state index contributed by atoms with van der Waals surface area (Å²) in [6.07, 6.45) is 1.92. The molecule has 0 aliphatic carbocycles. The largest absolute Gasteiger partial charge is 0.458 e. The molecule has 21 heavy (non-hydrogen) atoms. The molecular weight excluding hydrogens is 271 g/mol. The molecule has 2 aromatic rings. The first kappa shape index (κ1) is 15.0. The molecule has 110 valence electrons. The maximum Gasteiger partial charge on any atom is 0.359 e. The predicted molar refractivity (Wildman–Crippen MR) is 78.4 cm³/mol. The first-order chi connectivity index (χ1) is 9.95. The molecule has 0 radical (unpaired) electrons. The van der Waals surface area contributed by atoms with E-state index in [1.807, 2.05) is 0 Å². The lowest BCUT2D eigenvalue weighted by Gasteiger charge is -2.10. The maximum atomic E-state index is 12.9. The number of ether oxygens (including phenoxy) is 1. The van der Waals surface area contributed by atoms with E-state index >= 15 is 0 Å². The van der Waals surface area contributed by atoms with Gasteiger partial charge < -0.3 is 10.5 Å². The molecule has 1 heterocycles. The number of esters is 1. The summed E-state index contributed by atoms with van der Waals surface area (Å²) in [5.41, 5.74) is 8.03. The monoisotopic (exact) mass is 288 g/mol. The van der Waals surface area contributed by atoms with Crippen LogP contribution in [0.5, 0.6) is 0 Å². The fraction of sp³-hybridized carbons (Fsp3) is 0.250. The van der Waals surface area contributed by atoms with Gasteiger partial charge in [-0.1, -0.05) is 12.1 Å². The quantitative estimate of drug-likeness (QED) is 0.878. The molecular formula is C16H17FN2O2. The number of hydrogen-bond donors (Lipinski definition) is 1. The van der Waals surface area contributed by atoms with Gasteiger partial charge in [0, 0.05) is 6.20 Å². The molecule has 0 aliphatic heterocycles. The number of rotatable bonds is 4. The predicted octanol–water partition coefficient (Wildman–Crippen LogP) is 2.96. The van der Waals surface area contributed by atoms with Gasteiger partial charge in [-0.3, -0.25) is 0 Å². The number of halogens is 1. The van der Waals surface area contributed by atoms with Gasteiger partial charge in [-0.2, -0.15) is 0 Å². The zero-order valence-electron chi connectivity index (χ0n) is 12.0. The van der Waals surface area contributed by atoms with E-state index in [4.69, 9.17) is 10.5 Å². The van der Waals surface area contributed by atoms with E-state index in [0.717, 1.165) is 11.1 Å². The summed E-state index contributed by atoms with van der Waals surface area (Å²) in [7, 11) is 0. The Labute approximate surface area is 122 Å². The molecule has 1 aromatic carbocycles. The van der Waals surface area contributed by atoms with Crippen LogP contribution >= 0.6 is 0 Å². The first-order valence-electron chi connectivity index (χ1n) is 6.65. The highest BCUT2D eigenvalue weighted by molar-refractivity contribution is 5.92. The third kappa shape index (κ3) is 4.02. The lowest BCUT2D eigenvalue weighted by Crippen LogP contribution is -2.15. The maximum absolute atomic E-state index is 12.9. The van der Waals surface area contributed by atoms with Crippen LogP contribution in [0.4, 0.5) is 10.1 Å². The van der Waals surface area contributed by atoms with Crippen molar-refractivity contribution < 1.29 is 13.9 Å². The van der Waals surface area contributed by atoms with Crippen LogP contribution in [0, 0.1) is 5.82 Å². The molecule has 0 spiro atoms. The summed E-state index contributed by atoms with van der Waals surface area (Å²) < 4.78 is 17.9. The van der Waals surface area contributed by atoms with Crippen molar-refractivity contribution in [3.63, 3.8) is 0 Å². The number of carbonyl (C=O) groups is 1. The standard InChI is InChI=1S/C16H17FN2O2/c1-10(2)21-16(20)15-14(18)8-12(9-19-15)7-11-3-5-13(17)6-4-11/h3-6,8-10H,7,18H2,1-2H3. The van der Waals surface area contributed by atoms with Crippen molar-refractivity contribution in [2.75, 3.05) is 5.73 Å². The van der Waals surface area contributed by atoms with Crippen molar-refractivity contribution >= 4 is 11.7 Å². The molecule has 0 aliphatic rings. The molecule has 0 unspecified atom stereocenters. The molecule has 0 bridgehead atoms. The highest BCUT2D eigenvalue weighted by Crippen LogP contribution is 2.16. The SMILES string of the molecule is CC(C)OC(=O)c1ncc(Cc2ccc(F)cc2)cc1N. The molecule has 1 aromatic heterocycles. The summed E-state index contributed by atoms with van der Waals surface area (Å²) in [6, 6.07) is 7.90. The number of hydrogen-bond acceptors (Lipinski definition) is 4. The second-order valence-electron chi connectivity index (χ2n) is 5.04. The summed E-state index contributed by atoms with van der Waals surface area (Å²) in [5, 5.41) is 0. The Morgan fingerprint density at radius 2 is 1.95 bits per heavy atom. The molecule has 2 N–H and O–H groups in total. The second-order valence-corrected chi connectivity index (χ2v) is 5.04. The Morgan fingerprint density at radius 1 is 1.29 bits per heavy atom. The van der Waals surface area contributed by atoms with Crippen LogP contribution in [0.2, 0.25) is 0 Å². The summed E-state index contributed by atoms with van der Waals surface area (Å²) in [4.78, 5) is 15.8. The number of benzene rings is 1. The van der Waals surface area contributed by atoms with Gasteiger partial charge in [-0.25, -0.2) is 14.2 Å². The van der Waals surface area contributed by atoms with Gasteiger partial charge >= 0.3 is 5.97 Å². The Balaban J connectivity index is 2.15. The van der Waals surface area contributed by atoms with Gasteiger partial charge in [0.25, 0.3) is 0 Å². The molecule has 0 amide bonds. The van der Waals surface area contributed by atoms with Crippen LogP contribution in [0.15, 0.2) is 36.5 Å². The molecule has 2 rings (SSSR count). The summed E-state index contributed by atoms with van der Waals surface area (Å²) in [5.74, 6) is -0.806. The average molecular weight is 288 g/mol. The van der Waals surface area contributed by atoms with Gasteiger partial charge in [0.1, 0.15) is 5.82 Å². The normalized spacial score (nSPS) is 10.7. The molecule has 0 atom stereocenters. The third-order valence-electron chi connectivity index (χ3n) is 2.83. The Morgan fingerprint density at radius 3 is 2.52 bits per heavy atom.